The van der Waals surface area contributed by atoms with Crippen molar-refractivity contribution >= 4 is 34.4 Å². The standard InChI is InChI=1S/C15H18N4OS/c1-2-16-13(20)9-21-15-18-12-6-4-3-5-11(12)14(19-15)17-10-7-8-10/h3-6,10H,2,7-9H2,1H3,(H,16,20)(H,17,18,19). The van der Waals surface area contributed by atoms with E-state index in [1.807, 2.05) is 31.2 Å². The molecule has 0 bridgehead atoms. The molecule has 1 heterocycles. The molecule has 21 heavy (non-hydrogen) atoms. The summed E-state index contributed by atoms with van der Waals surface area (Å²) in [5, 5.41) is 7.90. The van der Waals surface area contributed by atoms with Crippen molar-refractivity contribution in [2.75, 3.05) is 17.6 Å². The van der Waals surface area contributed by atoms with Gasteiger partial charge >= 0.3 is 0 Å². The number of amides is 1. The van der Waals surface area contributed by atoms with Crippen LogP contribution in [0.3, 0.4) is 0 Å². The molecule has 0 atom stereocenters. The summed E-state index contributed by atoms with van der Waals surface area (Å²) in [6.45, 7) is 2.55. The van der Waals surface area contributed by atoms with Crippen molar-refractivity contribution in [2.45, 2.75) is 31.0 Å². The van der Waals surface area contributed by atoms with Crippen LogP contribution < -0.4 is 10.6 Å². The second-order valence-corrected chi connectivity index (χ2v) is 5.98. The summed E-state index contributed by atoms with van der Waals surface area (Å²) in [6, 6.07) is 8.49. The Labute approximate surface area is 127 Å². The highest BCUT2D eigenvalue weighted by molar-refractivity contribution is 7.99. The SMILES string of the molecule is CCNC(=O)CSc1nc(NC2CC2)c2ccccc2n1. The predicted octanol–water partition coefficient (Wildman–Crippen LogP) is 2.43. The molecule has 1 aliphatic carbocycles. The number of carbonyl (C=O) groups excluding carboxylic acids is 1. The van der Waals surface area contributed by atoms with Crippen molar-refractivity contribution in [3.05, 3.63) is 24.3 Å². The largest absolute Gasteiger partial charge is 0.367 e. The number of nitrogens with zero attached hydrogens (tertiary/aromatic N) is 2. The van der Waals surface area contributed by atoms with E-state index in [9.17, 15) is 4.79 Å². The van der Waals surface area contributed by atoms with E-state index in [0.29, 0.717) is 23.5 Å². The minimum Gasteiger partial charge on any atom is -0.367 e. The highest BCUT2D eigenvalue weighted by Crippen LogP contribution is 2.29. The van der Waals surface area contributed by atoms with Gasteiger partial charge in [-0.2, -0.15) is 0 Å². The van der Waals surface area contributed by atoms with Crippen LogP contribution >= 0.6 is 11.8 Å². The molecule has 6 heteroatoms. The van der Waals surface area contributed by atoms with Crippen LogP contribution in [0.15, 0.2) is 29.4 Å². The van der Waals surface area contributed by atoms with Crippen LogP contribution in [0.2, 0.25) is 0 Å². The number of benzene rings is 1. The van der Waals surface area contributed by atoms with Crippen LogP contribution in [-0.2, 0) is 4.79 Å². The minimum atomic E-state index is 0.0101. The fourth-order valence-electron chi connectivity index (χ4n) is 2.03. The molecule has 3 rings (SSSR count). The van der Waals surface area contributed by atoms with E-state index in [1.54, 1.807) is 0 Å². The first-order valence-electron chi connectivity index (χ1n) is 7.19. The molecule has 1 amide bonds. The third-order valence-electron chi connectivity index (χ3n) is 3.21. The van der Waals surface area contributed by atoms with Gasteiger partial charge < -0.3 is 10.6 Å². The maximum Gasteiger partial charge on any atom is 0.230 e. The zero-order valence-corrected chi connectivity index (χ0v) is 12.7. The summed E-state index contributed by atoms with van der Waals surface area (Å²) in [7, 11) is 0. The second kappa shape index (κ2) is 6.30. The first-order chi connectivity index (χ1) is 10.3. The lowest BCUT2D eigenvalue weighted by Gasteiger charge is -2.09. The molecule has 2 aromatic rings. The molecule has 0 unspecified atom stereocenters. The molecule has 1 aromatic carbocycles. The summed E-state index contributed by atoms with van der Waals surface area (Å²) in [6.07, 6.45) is 2.39. The Kier molecular flexibility index (Phi) is 4.24. The molecule has 1 aromatic heterocycles. The van der Waals surface area contributed by atoms with Crippen molar-refractivity contribution in [3.8, 4) is 0 Å². The summed E-state index contributed by atoms with van der Waals surface area (Å²) < 4.78 is 0. The maximum atomic E-state index is 11.5. The van der Waals surface area contributed by atoms with Crippen molar-refractivity contribution in [2.24, 2.45) is 0 Å². The molecular formula is C15H18N4OS. The number of aromatic nitrogens is 2. The number of anilines is 1. The Balaban J connectivity index is 1.83. The number of nitrogens with one attached hydrogen (secondary N) is 2. The summed E-state index contributed by atoms with van der Waals surface area (Å²) in [5.41, 5.74) is 0.911. The topological polar surface area (TPSA) is 66.9 Å². The highest BCUT2D eigenvalue weighted by atomic mass is 32.2. The summed E-state index contributed by atoms with van der Waals surface area (Å²) in [4.78, 5) is 20.7. The fourth-order valence-corrected chi connectivity index (χ4v) is 2.71. The number of fused-ring (bicyclic) bond motifs is 1. The van der Waals surface area contributed by atoms with Crippen LogP contribution in [-0.4, -0.2) is 34.2 Å². The van der Waals surface area contributed by atoms with E-state index in [0.717, 1.165) is 16.7 Å². The second-order valence-electron chi connectivity index (χ2n) is 5.03. The highest BCUT2D eigenvalue weighted by Gasteiger charge is 2.22. The molecule has 5 nitrogen and oxygen atoms in total. The minimum absolute atomic E-state index is 0.0101. The molecular weight excluding hydrogens is 284 g/mol. The van der Waals surface area contributed by atoms with Crippen LogP contribution in [0.1, 0.15) is 19.8 Å². The molecule has 0 aliphatic heterocycles. The van der Waals surface area contributed by atoms with Crippen molar-refractivity contribution in [1.29, 1.82) is 0 Å². The third-order valence-corrected chi connectivity index (χ3v) is 4.05. The average molecular weight is 302 g/mol. The van der Waals surface area contributed by atoms with Crippen molar-refractivity contribution < 1.29 is 4.79 Å². The van der Waals surface area contributed by atoms with Crippen molar-refractivity contribution in [3.63, 3.8) is 0 Å². The smallest absolute Gasteiger partial charge is 0.230 e. The van der Waals surface area contributed by atoms with E-state index < -0.39 is 0 Å². The number of para-hydroxylation sites is 1. The van der Waals surface area contributed by atoms with E-state index in [2.05, 4.69) is 20.6 Å². The Bertz CT molecular complexity index is 657. The van der Waals surface area contributed by atoms with Gasteiger partial charge in [-0.25, -0.2) is 9.97 Å². The van der Waals surface area contributed by atoms with Crippen LogP contribution in [0.4, 0.5) is 5.82 Å². The quantitative estimate of drug-likeness (QED) is 0.634. The Morgan fingerprint density at radius 3 is 2.90 bits per heavy atom. The number of rotatable bonds is 6. The Morgan fingerprint density at radius 2 is 2.14 bits per heavy atom. The van der Waals surface area contributed by atoms with Gasteiger partial charge in [0, 0.05) is 18.0 Å². The zero-order valence-electron chi connectivity index (χ0n) is 11.9. The molecule has 1 fully saturated rings. The van der Waals surface area contributed by atoms with Gasteiger partial charge in [0.15, 0.2) is 5.16 Å². The lowest BCUT2D eigenvalue weighted by Crippen LogP contribution is -2.24. The van der Waals surface area contributed by atoms with E-state index in [1.165, 1.54) is 24.6 Å². The first-order valence-corrected chi connectivity index (χ1v) is 8.17. The lowest BCUT2D eigenvalue weighted by molar-refractivity contribution is -0.118. The molecule has 2 N–H and O–H groups in total. The number of carbonyl (C=O) groups is 1. The monoisotopic (exact) mass is 302 g/mol. The number of hydrogen-bond donors (Lipinski definition) is 2. The summed E-state index contributed by atoms with van der Waals surface area (Å²) >= 11 is 1.37. The molecule has 0 saturated heterocycles. The van der Waals surface area contributed by atoms with Crippen LogP contribution in [0, 0.1) is 0 Å². The van der Waals surface area contributed by atoms with Gasteiger partial charge in [-0.1, -0.05) is 23.9 Å². The molecule has 1 aliphatic rings. The maximum absolute atomic E-state index is 11.5. The van der Waals surface area contributed by atoms with E-state index >= 15 is 0 Å². The first kappa shape index (κ1) is 14.1. The Morgan fingerprint density at radius 1 is 1.33 bits per heavy atom. The van der Waals surface area contributed by atoms with Crippen LogP contribution in [0.25, 0.3) is 10.9 Å². The van der Waals surface area contributed by atoms with E-state index in [-0.39, 0.29) is 5.91 Å². The van der Waals surface area contributed by atoms with Gasteiger partial charge in [0.1, 0.15) is 5.82 Å². The molecule has 0 spiro atoms. The fraction of sp³-hybridized carbons (Fsp3) is 0.400. The predicted molar refractivity (Wildman–Crippen MR) is 85.6 cm³/mol. The molecule has 0 radical (unpaired) electrons. The number of thioether (sulfide) groups is 1. The molecule has 1 saturated carbocycles. The van der Waals surface area contributed by atoms with E-state index in [4.69, 9.17) is 0 Å². The summed E-state index contributed by atoms with van der Waals surface area (Å²) in [5.74, 6) is 1.23. The Hall–Kier alpha value is -1.82. The molecule has 110 valence electrons. The van der Waals surface area contributed by atoms with Gasteiger partial charge in [-0.15, -0.1) is 0 Å². The third kappa shape index (κ3) is 3.64. The van der Waals surface area contributed by atoms with Crippen LogP contribution in [0.5, 0.6) is 0 Å². The van der Waals surface area contributed by atoms with Gasteiger partial charge in [0.2, 0.25) is 5.91 Å². The lowest BCUT2D eigenvalue weighted by atomic mass is 10.2. The zero-order chi connectivity index (χ0) is 14.7. The number of hydrogen-bond acceptors (Lipinski definition) is 5. The normalized spacial score (nSPS) is 14.1. The average Bonchev–Trinajstić information content (AvgIpc) is 3.29. The van der Waals surface area contributed by atoms with Gasteiger partial charge in [0.05, 0.1) is 11.3 Å². The van der Waals surface area contributed by atoms with Gasteiger partial charge in [-0.05, 0) is 31.9 Å². The van der Waals surface area contributed by atoms with Crippen molar-refractivity contribution in [1.82, 2.24) is 15.3 Å². The van der Waals surface area contributed by atoms with Gasteiger partial charge in [0.25, 0.3) is 0 Å². The van der Waals surface area contributed by atoms with Gasteiger partial charge in [-0.3, -0.25) is 4.79 Å².